The fourth-order valence-corrected chi connectivity index (χ4v) is 4.29. The number of methoxy groups -OCH3 is 1. The molecule has 0 fully saturated rings. The first-order chi connectivity index (χ1) is 15.6. The first kappa shape index (κ1) is 24.0. The molecule has 3 aromatic rings. The van der Waals surface area contributed by atoms with Gasteiger partial charge in [0.15, 0.2) is 11.5 Å². The molecule has 2 atom stereocenters. The quantitative estimate of drug-likeness (QED) is 0.349. The third-order valence-electron chi connectivity index (χ3n) is 5.78. The fourth-order valence-electron chi connectivity index (χ4n) is 3.85. The molecular formula is C27H32ClNO3. The molecule has 0 aliphatic carbocycles. The van der Waals surface area contributed by atoms with E-state index in [4.69, 9.17) is 21.1 Å². The molecule has 0 aliphatic heterocycles. The van der Waals surface area contributed by atoms with E-state index in [0.717, 1.165) is 42.1 Å². The topological polar surface area (TPSA) is 41.9 Å². The van der Waals surface area contributed by atoms with Crippen molar-refractivity contribution in [2.24, 2.45) is 0 Å². The number of aromatic hydroxyl groups is 1. The average molecular weight is 454 g/mol. The van der Waals surface area contributed by atoms with Gasteiger partial charge in [0.1, 0.15) is 12.4 Å². The van der Waals surface area contributed by atoms with Crippen LogP contribution in [-0.2, 0) is 0 Å². The van der Waals surface area contributed by atoms with Crippen LogP contribution in [0.25, 0.3) is 0 Å². The SMILES string of the molecule is CCN(CC)CCOc1ccc(C(c2ccc(O)c(OC)c2)C(Cl)c2ccccc2)cc1. The van der Waals surface area contributed by atoms with Crippen molar-refractivity contribution in [2.75, 3.05) is 33.4 Å². The van der Waals surface area contributed by atoms with Crippen LogP contribution in [0.4, 0.5) is 0 Å². The molecule has 4 nitrogen and oxygen atoms in total. The van der Waals surface area contributed by atoms with E-state index >= 15 is 0 Å². The van der Waals surface area contributed by atoms with Gasteiger partial charge < -0.3 is 19.5 Å². The van der Waals surface area contributed by atoms with Gasteiger partial charge in [-0.15, -0.1) is 11.6 Å². The first-order valence-corrected chi connectivity index (χ1v) is 11.5. The van der Waals surface area contributed by atoms with Crippen molar-refractivity contribution < 1.29 is 14.6 Å². The number of phenols is 1. The Labute approximate surface area is 196 Å². The van der Waals surface area contributed by atoms with Gasteiger partial charge in [0, 0.05) is 12.5 Å². The smallest absolute Gasteiger partial charge is 0.160 e. The number of halogens is 1. The number of hydrogen-bond acceptors (Lipinski definition) is 4. The zero-order valence-electron chi connectivity index (χ0n) is 19.0. The van der Waals surface area contributed by atoms with E-state index in [1.165, 1.54) is 0 Å². The Kier molecular flexibility index (Phi) is 8.83. The number of ether oxygens (including phenoxy) is 2. The molecule has 2 unspecified atom stereocenters. The number of rotatable bonds is 11. The summed E-state index contributed by atoms with van der Waals surface area (Å²) < 4.78 is 11.3. The van der Waals surface area contributed by atoms with Gasteiger partial charge in [0.2, 0.25) is 0 Å². The Hall–Kier alpha value is -2.69. The van der Waals surface area contributed by atoms with Crippen LogP contribution in [0.3, 0.4) is 0 Å². The van der Waals surface area contributed by atoms with E-state index in [2.05, 4.69) is 30.9 Å². The largest absolute Gasteiger partial charge is 0.504 e. The molecule has 0 radical (unpaired) electrons. The van der Waals surface area contributed by atoms with Gasteiger partial charge >= 0.3 is 0 Å². The van der Waals surface area contributed by atoms with E-state index in [0.29, 0.717) is 12.4 Å². The van der Waals surface area contributed by atoms with Gasteiger partial charge in [-0.25, -0.2) is 0 Å². The van der Waals surface area contributed by atoms with E-state index in [1.54, 1.807) is 13.2 Å². The lowest BCUT2D eigenvalue weighted by atomic mass is 9.85. The summed E-state index contributed by atoms with van der Waals surface area (Å²) in [6.45, 7) is 7.92. The fraction of sp³-hybridized carbons (Fsp3) is 0.333. The maximum Gasteiger partial charge on any atom is 0.160 e. The molecule has 5 heteroatoms. The second-order valence-electron chi connectivity index (χ2n) is 7.67. The average Bonchev–Trinajstić information content (AvgIpc) is 2.84. The van der Waals surface area contributed by atoms with E-state index in [-0.39, 0.29) is 17.0 Å². The number of phenolic OH excluding ortho intramolecular Hbond substituents is 1. The van der Waals surface area contributed by atoms with Crippen molar-refractivity contribution in [1.82, 2.24) is 4.90 Å². The van der Waals surface area contributed by atoms with Crippen LogP contribution in [0.5, 0.6) is 17.2 Å². The minimum atomic E-state index is -0.292. The second-order valence-corrected chi connectivity index (χ2v) is 8.14. The summed E-state index contributed by atoms with van der Waals surface area (Å²) in [5.74, 6) is 1.26. The molecule has 0 bridgehead atoms. The maximum absolute atomic E-state index is 10.1. The van der Waals surface area contributed by atoms with E-state index in [9.17, 15) is 5.11 Å². The van der Waals surface area contributed by atoms with Gasteiger partial charge in [-0.3, -0.25) is 0 Å². The molecule has 3 aromatic carbocycles. The summed E-state index contributed by atoms with van der Waals surface area (Å²) in [5, 5.41) is 9.77. The molecule has 0 amide bonds. The summed E-state index contributed by atoms with van der Waals surface area (Å²) in [6.07, 6.45) is 0. The summed E-state index contributed by atoms with van der Waals surface area (Å²) in [4.78, 5) is 2.33. The van der Waals surface area contributed by atoms with Crippen molar-refractivity contribution in [3.05, 3.63) is 89.5 Å². The summed E-state index contributed by atoms with van der Waals surface area (Å²) >= 11 is 7.03. The highest BCUT2D eigenvalue weighted by atomic mass is 35.5. The number of alkyl halides is 1. The lowest BCUT2D eigenvalue weighted by Gasteiger charge is -2.25. The van der Waals surface area contributed by atoms with Gasteiger partial charge in [-0.05, 0) is 54.0 Å². The van der Waals surface area contributed by atoms with Crippen molar-refractivity contribution >= 4 is 11.6 Å². The molecule has 0 saturated carbocycles. The number of nitrogens with zero attached hydrogens (tertiary/aromatic N) is 1. The Balaban J connectivity index is 1.87. The van der Waals surface area contributed by atoms with Crippen molar-refractivity contribution in [2.45, 2.75) is 25.1 Å². The molecule has 1 N–H and O–H groups in total. The van der Waals surface area contributed by atoms with Gasteiger partial charge in [0.05, 0.1) is 12.5 Å². The Morgan fingerprint density at radius 2 is 1.53 bits per heavy atom. The van der Waals surface area contributed by atoms with Crippen LogP contribution in [0.2, 0.25) is 0 Å². The molecule has 3 rings (SSSR count). The van der Waals surface area contributed by atoms with Crippen LogP contribution >= 0.6 is 11.6 Å². The number of benzene rings is 3. The molecule has 0 saturated heterocycles. The molecular weight excluding hydrogens is 422 g/mol. The molecule has 0 spiro atoms. The lowest BCUT2D eigenvalue weighted by Crippen LogP contribution is -2.27. The number of likely N-dealkylation sites (N-methyl/N-ethyl adjacent to an activating group) is 1. The third kappa shape index (κ3) is 5.96. The van der Waals surface area contributed by atoms with Crippen LogP contribution in [0.15, 0.2) is 72.8 Å². The Morgan fingerprint density at radius 3 is 2.16 bits per heavy atom. The van der Waals surface area contributed by atoms with Crippen molar-refractivity contribution in [3.63, 3.8) is 0 Å². The molecule has 32 heavy (non-hydrogen) atoms. The van der Waals surface area contributed by atoms with Crippen LogP contribution < -0.4 is 9.47 Å². The summed E-state index contributed by atoms with van der Waals surface area (Å²) in [6, 6.07) is 23.6. The second kappa shape index (κ2) is 11.8. The van der Waals surface area contributed by atoms with E-state index in [1.807, 2.05) is 54.6 Å². The molecule has 0 aliphatic rings. The molecule has 170 valence electrons. The third-order valence-corrected chi connectivity index (χ3v) is 6.29. The number of hydrogen-bond donors (Lipinski definition) is 1. The summed E-state index contributed by atoms with van der Waals surface area (Å²) in [7, 11) is 1.55. The Morgan fingerprint density at radius 1 is 0.875 bits per heavy atom. The van der Waals surface area contributed by atoms with Crippen LogP contribution in [-0.4, -0.2) is 43.4 Å². The normalized spacial score (nSPS) is 13.0. The monoisotopic (exact) mass is 453 g/mol. The lowest BCUT2D eigenvalue weighted by molar-refractivity contribution is 0.223. The zero-order valence-corrected chi connectivity index (χ0v) is 19.8. The van der Waals surface area contributed by atoms with Gasteiger partial charge in [0.25, 0.3) is 0 Å². The molecule has 0 aromatic heterocycles. The van der Waals surface area contributed by atoms with Crippen LogP contribution in [0, 0.1) is 0 Å². The standard InChI is InChI=1S/C27H32ClNO3/c1-4-29(5-2)17-18-32-23-14-11-20(12-15-23)26(27(28)21-9-7-6-8-10-21)22-13-16-24(30)25(19-22)31-3/h6-16,19,26-27,30H,4-5,17-18H2,1-3H3. The predicted molar refractivity (Wildman–Crippen MR) is 131 cm³/mol. The highest BCUT2D eigenvalue weighted by molar-refractivity contribution is 6.21. The minimum Gasteiger partial charge on any atom is -0.504 e. The van der Waals surface area contributed by atoms with Crippen LogP contribution in [0.1, 0.15) is 41.8 Å². The zero-order chi connectivity index (χ0) is 22.9. The highest BCUT2D eigenvalue weighted by Gasteiger charge is 2.26. The Bertz CT molecular complexity index is 958. The molecule has 0 heterocycles. The summed E-state index contributed by atoms with van der Waals surface area (Å²) in [5.41, 5.74) is 3.07. The van der Waals surface area contributed by atoms with E-state index < -0.39 is 0 Å². The highest BCUT2D eigenvalue weighted by Crippen LogP contribution is 2.43. The van der Waals surface area contributed by atoms with Gasteiger partial charge in [-0.1, -0.05) is 62.4 Å². The minimum absolute atomic E-state index is 0.109. The predicted octanol–water partition coefficient (Wildman–Crippen LogP) is 6.23. The maximum atomic E-state index is 10.1. The van der Waals surface area contributed by atoms with Crippen molar-refractivity contribution in [3.8, 4) is 17.2 Å². The van der Waals surface area contributed by atoms with Crippen molar-refractivity contribution in [1.29, 1.82) is 0 Å². The first-order valence-electron chi connectivity index (χ1n) is 11.1. The van der Waals surface area contributed by atoms with Gasteiger partial charge in [-0.2, -0.15) is 0 Å².